The summed E-state index contributed by atoms with van der Waals surface area (Å²) in [7, 11) is 0. The summed E-state index contributed by atoms with van der Waals surface area (Å²) in [6.45, 7) is 3.44. The number of carbonyl (C=O) groups excluding carboxylic acids is 2. The predicted molar refractivity (Wildman–Crippen MR) is 92.4 cm³/mol. The second-order valence-corrected chi connectivity index (χ2v) is 5.92. The molecule has 0 radical (unpaired) electrons. The molecule has 0 fully saturated rings. The van der Waals surface area contributed by atoms with Crippen molar-refractivity contribution < 1.29 is 24.2 Å². The molecular formula is C17H19ClN2O5. The maximum atomic E-state index is 12.4. The molecule has 0 amide bonds. The zero-order chi connectivity index (χ0) is 18.7. The molecule has 0 saturated carbocycles. The molecule has 1 aliphatic heterocycles. The standard InChI is InChI=1S/C17H19ClN2O5/c1-3-24-14(22)13-9-17(18,11-5-7-12(21)8-6-11)20-10-16(13,19)15(23)25-4-2/h5-10,21H,3-4,19H2,1-2H3. The Morgan fingerprint density at radius 1 is 1.20 bits per heavy atom. The molecule has 134 valence electrons. The largest absolute Gasteiger partial charge is 0.508 e. The average Bonchev–Trinajstić information content (AvgIpc) is 2.58. The number of phenolic OH excluding ortho intramolecular Hbond substituents is 1. The van der Waals surface area contributed by atoms with Crippen molar-refractivity contribution in [1.82, 2.24) is 0 Å². The van der Waals surface area contributed by atoms with Crippen LogP contribution >= 0.6 is 11.6 Å². The second-order valence-electron chi connectivity index (χ2n) is 5.35. The SMILES string of the molecule is CCOC(=O)C1=CC(Cl)(c2ccc(O)cc2)N=CC1(N)C(=O)OCC. The molecule has 3 N–H and O–H groups in total. The molecule has 1 aromatic carbocycles. The maximum absolute atomic E-state index is 12.4. The number of benzene rings is 1. The number of ether oxygens (including phenoxy) is 2. The van der Waals surface area contributed by atoms with E-state index in [9.17, 15) is 14.7 Å². The summed E-state index contributed by atoms with van der Waals surface area (Å²) in [6.07, 6.45) is 2.37. The summed E-state index contributed by atoms with van der Waals surface area (Å²) >= 11 is 6.53. The van der Waals surface area contributed by atoms with Gasteiger partial charge in [-0.2, -0.15) is 0 Å². The molecule has 0 aliphatic carbocycles. The highest BCUT2D eigenvalue weighted by molar-refractivity contribution is 6.27. The first kappa shape index (κ1) is 19.0. The van der Waals surface area contributed by atoms with Gasteiger partial charge in [0.2, 0.25) is 0 Å². The third kappa shape index (κ3) is 3.67. The van der Waals surface area contributed by atoms with Gasteiger partial charge in [0, 0.05) is 6.21 Å². The summed E-state index contributed by atoms with van der Waals surface area (Å²) in [6, 6.07) is 5.96. The smallest absolute Gasteiger partial charge is 0.336 e. The van der Waals surface area contributed by atoms with Crippen molar-refractivity contribution in [3.63, 3.8) is 0 Å². The molecule has 0 spiro atoms. The molecule has 2 rings (SSSR count). The van der Waals surface area contributed by atoms with Gasteiger partial charge in [-0.3, -0.25) is 4.99 Å². The van der Waals surface area contributed by atoms with Crippen molar-refractivity contribution in [2.24, 2.45) is 10.7 Å². The summed E-state index contributed by atoms with van der Waals surface area (Å²) in [5, 5.41) is 9.41. The number of nitrogens with zero attached hydrogens (tertiary/aromatic N) is 1. The van der Waals surface area contributed by atoms with Crippen LogP contribution in [-0.2, 0) is 24.1 Å². The number of phenols is 1. The number of hydrogen-bond acceptors (Lipinski definition) is 7. The van der Waals surface area contributed by atoms with Crippen LogP contribution in [0.5, 0.6) is 5.75 Å². The van der Waals surface area contributed by atoms with Gasteiger partial charge in [0.05, 0.1) is 18.8 Å². The van der Waals surface area contributed by atoms with E-state index in [-0.39, 0.29) is 24.5 Å². The molecule has 0 saturated heterocycles. The number of nitrogens with two attached hydrogens (primary N) is 1. The molecule has 25 heavy (non-hydrogen) atoms. The lowest BCUT2D eigenvalue weighted by Gasteiger charge is -2.32. The summed E-state index contributed by atoms with van der Waals surface area (Å²) in [4.78, 5) is 27.3. The second kappa shape index (κ2) is 7.25. The van der Waals surface area contributed by atoms with E-state index in [0.717, 1.165) is 6.21 Å². The molecule has 1 aliphatic rings. The first-order valence-electron chi connectivity index (χ1n) is 7.68. The first-order valence-corrected chi connectivity index (χ1v) is 8.06. The monoisotopic (exact) mass is 366 g/mol. The van der Waals surface area contributed by atoms with Crippen LogP contribution in [0.4, 0.5) is 0 Å². The van der Waals surface area contributed by atoms with E-state index in [1.807, 2.05) is 0 Å². The van der Waals surface area contributed by atoms with E-state index < -0.39 is 22.5 Å². The van der Waals surface area contributed by atoms with Crippen LogP contribution in [0.1, 0.15) is 19.4 Å². The number of hydrogen-bond donors (Lipinski definition) is 2. The fourth-order valence-corrected chi connectivity index (χ4v) is 2.60. The number of aromatic hydroxyl groups is 1. The molecule has 1 heterocycles. The zero-order valence-electron chi connectivity index (χ0n) is 13.9. The number of alkyl halides is 1. The van der Waals surface area contributed by atoms with E-state index >= 15 is 0 Å². The van der Waals surface area contributed by atoms with Gasteiger partial charge in [-0.15, -0.1) is 0 Å². The Labute approximate surface area is 150 Å². The average molecular weight is 367 g/mol. The quantitative estimate of drug-likeness (QED) is 0.465. The normalized spacial score (nSPS) is 25.2. The molecule has 7 nitrogen and oxygen atoms in total. The fourth-order valence-electron chi connectivity index (χ4n) is 2.32. The number of aliphatic imine (C=N–C) groups is 1. The van der Waals surface area contributed by atoms with Crippen molar-refractivity contribution in [2.45, 2.75) is 24.4 Å². The van der Waals surface area contributed by atoms with Gasteiger partial charge in [0.15, 0.2) is 10.5 Å². The van der Waals surface area contributed by atoms with Crippen LogP contribution in [0.15, 0.2) is 40.9 Å². The Hall–Kier alpha value is -2.38. The summed E-state index contributed by atoms with van der Waals surface area (Å²) < 4.78 is 9.95. The number of esters is 2. The summed E-state index contributed by atoms with van der Waals surface area (Å²) in [5.74, 6) is -1.56. The van der Waals surface area contributed by atoms with Gasteiger partial charge < -0.3 is 20.3 Å². The lowest BCUT2D eigenvalue weighted by atomic mass is 9.86. The molecule has 2 unspecified atom stereocenters. The van der Waals surface area contributed by atoms with E-state index in [0.29, 0.717) is 5.56 Å². The van der Waals surface area contributed by atoms with Crippen molar-refractivity contribution in [3.8, 4) is 5.75 Å². The maximum Gasteiger partial charge on any atom is 0.336 e. The Bertz CT molecular complexity index is 731. The molecule has 1 aromatic rings. The molecule has 0 bridgehead atoms. The van der Waals surface area contributed by atoms with Crippen LogP contribution in [0.2, 0.25) is 0 Å². The van der Waals surface area contributed by atoms with Crippen LogP contribution < -0.4 is 5.73 Å². The third-order valence-corrected chi connectivity index (χ3v) is 4.04. The lowest BCUT2D eigenvalue weighted by molar-refractivity contribution is -0.149. The molecule has 8 heteroatoms. The van der Waals surface area contributed by atoms with E-state index in [1.54, 1.807) is 26.0 Å². The summed E-state index contributed by atoms with van der Waals surface area (Å²) in [5.41, 5.74) is 4.53. The van der Waals surface area contributed by atoms with Crippen LogP contribution in [-0.4, -0.2) is 42.0 Å². The fraction of sp³-hybridized carbons (Fsp3) is 0.353. The number of rotatable bonds is 5. The van der Waals surface area contributed by atoms with Crippen LogP contribution in [0, 0.1) is 0 Å². The van der Waals surface area contributed by atoms with E-state index in [4.69, 9.17) is 26.8 Å². The van der Waals surface area contributed by atoms with Gasteiger partial charge in [-0.1, -0.05) is 23.7 Å². The van der Waals surface area contributed by atoms with Gasteiger partial charge >= 0.3 is 11.9 Å². The minimum atomic E-state index is -1.89. The van der Waals surface area contributed by atoms with Crippen molar-refractivity contribution in [1.29, 1.82) is 0 Å². The first-order chi connectivity index (χ1) is 11.8. The molecule has 2 atom stereocenters. The van der Waals surface area contributed by atoms with Crippen molar-refractivity contribution >= 4 is 29.8 Å². The highest BCUT2D eigenvalue weighted by Crippen LogP contribution is 2.39. The zero-order valence-corrected chi connectivity index (χ0v) is 14.6. The topological polar surface area (TPSA) is 111 Å². The minimum Gasteiger partial charge on any atom is -0.508 e. The lowest BCUT2D eigenvalue weighted by Crippen LogP contribution is -2.56. The number of dihydropyridines is 1. The molecular weight excluding hydrogens is 348 g/mol. The number of carbonyl (C=O) groups is 2. The van der Waals surface area contributed by atoms with Crippen molar-refractivity contribution in [3.05, 3.63) is 41.5 Å². The number of halogens is 1. The Kier molecular flexibility index (Phi) is 5.49. The third-order valence-electron chi connectivity index (χ3n) is 3.62. The van der Waals surface area contributed by atoms with Gasteiger partial charge in [-0.25, -0.2) is 9.59 Å². The molecule has 0 aromatic heterocycles. The van der Waals surface area contributed by atoms with Crippen LogP contribution in [0.25, 0.3) is 0 Å². The van der Waals surface area contributed by atoms with E-state index in [2.05, 4.69) is 4.99 Å². The predicted octanol–water partition coefficient (Wildman–Crippen LogP) is 1.62. The van der Waals surface area contributed by atoms with Crippen molar-refractivity contribution in [2.75, 3.05) is 13.2 Å². The Balaban J connectivity index is 2.52. The minimum absolute atomic E-state index is 0.0538. The van der Waals surface area contributed by atoms with Gasteiger partial charge in [0.1, 0.15) is 5.75 Å². The highest BCUT2D eigenvalue weighted by Gasteiger charge is 2.48. The van der Waals surface area contributed by atoms with Crippen LogP contribution in [0.3, 0.4) is 0 Å². The van der Waals surface area contributed by atoms with Gasteiger partial charge in [-0.05, 0) is 37.6 Å². The Morgan fingerprint density at radius 2 is 1.80 bits per heavy atom. The Morgan fingerprint density at radius 3 is 2.36 bits per heavy atom. The highest BCUT2D eigenvalue weighted by atomic mass is 35.5. The van der Waals surface area contributed by atoms with Gasteiger partial charge in [0.25, 0.3) is 0 Å². The van der Waals surface area contributed by atoms with E-state index in [1.165, 1.54) is 18.2 Å².